The van der Waals surface area contributed by atoms with Gasteiger partial charge in [-0.3, -0.25) is 19.6 Å². The second kappa shape index (κ2) is 6.99. The molecule has 2 amide bonds. The first-order chi connectivity index (χ1) is 14.1. The summed E-state index contributed by atoms with van der Waals surface area (Å²) in [4.78, 5) is 35.5. The molecule has 0 aromatic carbocycles. The van der Waals surface area contributed by atoms with E-state index >= 15 is 0 Å². The van der Waals surface area contributed by atoms with Crippen LogP contribution in [0.2, 0.25) is 0 Å². The van der Waals surface area contributed by atoms with E-state index in [4.69, 9.17) is 5.73 Å². The number of pyridine rings is 2. The molecule has 0 spiro atoms. The van der Waals surface area contributed by atoms with Crippen LogP contribution in [0.3, 0.4) is 0 Å². The third kappa shape index (κ3) is 3.06. The molecule has 3 N–H and O–H groups in total. The van der Waals surface area contributed by atoms with Crippen LogP contribution >= 0.6 is 0 Å². The van der Waals surface area contributed by atoms with E-state index < -0.39 is 5.91 Å². The number of hydrogen-bond acceptors (Lipinski definition) is 5. The highest BCUT2D eigenvalue weighted by atomic mass is 16.2. The van der Waals surface area contributed by atoms with Crippen molar-refractivity contribution in [2.45, 2.75) is 50.2 Å². The number of amides is 2. The van der Waals surface area contributed by atoms with E-state index in [1.807, 2.05) is 23.1 Å². The smallest absolute Gasteiger partial charge is 0.255 e. The predicted octanol–water partition coefficient (Wildman–Crippen LogP) is 2.39. The summed E-state index contributed by atoms with van der Waals surface area (Å²) in [5.41, 5.74) is 9.38. The maximum atomic E-state index is 13.0. The molecular weight excluding hydrogens is 366 g/mol. The number of fused-ring (bicyclic) bond motifs is 3. The van der Waals surface area contributed by atoms with Crippen molar-refractivity contribution in [3.63, 3.8) is 0 Å². The number of nitrogens with two attached hydrogens (primary N) is 1. The van der Waals surface area contributed by atoms with Gasteiger partial charge in [-0.1, -0.05) is 12.2 Å². The van der Waals surface area contributed by atoms with Crippen LogP contribution in [0.5, 0.6) is 0 Å². The summed E-state index contributed by atoms with van der Waals surface area (Å²) >= 11 is 0. The zero-order chi connectivity index (χ0) is 20.0. The van der Waals surface area contributed by atoms with Gasteiger partial charge in [0.25, 0.3) is 11.8 Å². The molecule has 0 saturated carbocycles. The third-order valence-electron chi connectivity index (χ3n) is 6.28. The summed E-state index contributed by atoms with van der Waals surface area (Å²) in [5.74, 6) is -0.412. The van der Waals surface area contributed by atoms with Gasteiger partial charge in [0.1, 0.15) is 0 Å². The average Bonchev–Trinajstić information content (AvgIpc) is 3.31. The second-order valence-electron chi connectivity index (χ2n) is 8.03. The lowest BCUT2D eigenvalue weighted by atomic mass is 9.95. The van der Waals surface area contributed by atoms with Crippen LogP contribution in [0.25, 0.3) is 6.08 Å². The topological polar surface area (TPSA) is 101 Å². The van der Waals surface area contributed by atoms with Crippen molar-refractivity contribution < 1.29 is 9.59 Å². The van der Waals surface area contributed by atoms with Crippen LogP contribution in [0.4, 0.5) is 5.69 Å². The molecule has 2 aliphatic heterocycles. The van der Waals surface area contributed by atoms with Crippen molar-refractivity contribution in [2.24, 2.45) is 5.73 Å². The number of nitrogens with zero attached hydrogens (tertiary/aromatic N) is 3. The van der Waals surface area contributed by atoms with Gasteiger partial charge in [0.05, 0.1) is 22.5 Å². The number of primary amides is 1. The van der Waals surface area contributed by atoms with Crippen molar-refractivity contribution in [3.05, 3.63) is 59.2 Å². The molecule has 0 unspecified atom stereocenters. The molecule has 2 fully saturated rings. The van der Waals surface area contributed by atoms with Crippen LogP contribution in [0.15, 0.2) is 36.8 Å². The van der Waals surface area contributed by atoms with Crippen molar-refractivity contribution in [3.8, 4) is 0 Å². The molecule has 3 aliphatic rings. The average molecular weight is 389 g/mol. The highest BCUT2D eigenvalue weighted by molar-refractivity contribution is 6.00. The SMILES string of the molecule is NC(=O)c1cnc2c(c1NC1C[C@@H]3CC[C@@H](C1)N3C(=O)c1cccnc1)C=CC2. The fraction of sp³-hybridized carbons (Fsp3) is 0.364. The number of rotatable bonds is 4. The standard InChI is InChI=1S/C22H23N5O2/c23-21(28)18-12-25-19-5-1-4-17(19)20(18)26-14-9-15-6-7-16(10-14)27(15)22(29)13-3-2-8-24-11-13/h1-4,8,11-12,14-16H,5-7,9-10H2,(H2,23,28)(H,25,26)/t15-,16-/m0/s1. The molecule has 148 valence electrons. The molecule has 7 nitrogen and oxygen atoms in total. The van der Waals surface area contributed by atoms with E-state index in [2.05, 4.69) is 15.3 Å². The van der Waals surface area contributed by atoms with E-state index in [-0.39, 0.29) is 24.0 Å². The molecule has 2 atom stereocenters. The molecule has 2 saturated heterocycles. The van der Waals surface area contributed by atoms with Gasteiger partial charge in [-0.25, -0.2) is 0 Å². The van der Waals surface area contributed by atoms with Gasteiger partial charge in [0.2, 0.25) is 0 Å². The molecule has 5 rings (SSSR count). The Hall–Kier alpha value is -3.22. The molecule has 2 bridgehead atoms. The number of carbonyl (C=O) groups excluding carboxylic acids is 2. The fourth-order valence-electron chi connectivity index (χ4n) is 5.01. The quantitative estimate of drug-likeness (QED) is 0.836. The van der Waals surface area contributed by atoms with Crippen LogP contribution in [-0.4, -0.2) is 44.8 Å². The number of carbonyl (C=O) groups is 2. The van der Waals surface area contributed by atoms with Crippen LogP contribution in [-0.2, 0) is 6.42 Å². The number of aromatic nitrogens is 2. The van der Waals surface area contributed by atoms with Crippen LogP contribution in [0.1, 0.15) is 57.7 Å². The molecule has 1 aliphatic carbocycles. The van der Waals surface area contributed by atoms with E-state index in [1.165, 1.54) is 0 Å². The Bertz CT molecular complexity index is 990. The number of anilines is 1. The first-order valence-electron chi connectivity index (χ1n) is 10.1. The summed E-state index contributed by atoms with van der Waals surface area (Å²) in [5, 5.41) is 3.59. The Labute approximate surface area is 169 Å². The van der Waals surface area contributed by atoms with Crippen LogP contribution < -0.4 is 11.1 Å². The van der Waals surface area contributed by atoms with Gasteiger partial charge in [-0.2, -0.15) is 0 Å². The monoisotopic (exact) mass is 389 g/mol. The molecule has 2 aromatic heterocycles. The maximum absolute atomic E-state index is 13.0. The number of hydrogen-bond donors (Lipinski definition) is 2. The second-order valence-corrected chi connectivity index (χ2v) is 8.03. The van der Waals surface area contributed by atoms with Crippen molar-refractivity contribution >= 4 is 23.6 Å². The Morgan fingerprint density at radius 2 is 1.97 bits per heavy atom. The number of piperidine rings is 1. The minimum atomic E-state index is -0.477. The predicted molar refractivity (Wildman–Crippen MR) is 109 cm³/mol. The summed E-state index contributed by atoms with van der Waals surface area (Å²) in [6.45, 7) is 0. The van der Waals surface area contributed by atoms with Crippen molar-refractivity contribution in [1.82, 2.24) is 14.9 Å². The van der Waals surface area contributed by atoms with E-state index in [0.29, 0.717) is 11.1 Å². The lowest BCUT2D eigenvalue weighted by Crippen LogP contribution is -2.49. The Balaban J connectivity index is 1.38. The molecule has 29 heavy (non-hydrogen) atoms. The Kier molecular flexibility index (Phi) is 4.30. The third-order valence-corrected chi connectivity index (χ3v) is 6.28. The van der Waals surface area contributed by atoms with E-state index in [0.717, 1.165) is 49.0 Å². The first-order valence-corrected chi connectivity index (χ1v) is 10.1. The molecular formula is C22H23N5O2. The maximum Gasteiger partial charge on any atom is 0.255 e. The highest BCUT2D eigenvalue weighted by Crippen LogP contribution is 2.39. The van der Waals surface area contributed by atoms with Gasteiger partial charge in [-0.15, -0.1) is 0 Å². The zero-order valence-corrected chi connectivity index (χ0v) is 16.0. The minimum Gasteiger partial charge on any atom is -0.381 e. The first kappa shape index (κ1) is 17.8. The molecule has 4 heterocycles. The molecule has 0 radical (unpaired) electrons. The molecule has 7 heteroatoms. The lowest BCUT2D eigenvalue weighted by Gasteiger charge is -2.40. The summed E-state index contributed by atoms with van der Waals surface area (Å²) in [6, 6.07) is 4.20. The fourth-order valence-corrected chi connectivity index (χ4v) is 5.01. The lowest BCUT2D eigenvalue weighted by molar-refractivity contribution is 0.0582. The minimum absolute atomic E-state index is 0.0645. The van der Waals surface area contributed by atoms with E-state index in [9.17, 15) is 9.59 Å². The van der Waals surface area contributed by atoms with Gasteiger partial charge in [-0.05, 0) is 37.8 Å². The van der Waals surface area contributed by atoms with Gasteiger partial charge < -0.3 is 16.0 Å². The number of allylic oxidation sites excluding steroid dienone is 1. The van der Waals surface area contributed by atoms with E-state index in [1.54, 1.807) is 24.7 Å². The van der Waals surface area contributed by atoms with Gasteiger partial charge in [0, 0.05) is 48.7 Å². The van der Waals surface area contributed by atoms with Gasteiger partial charge >= 0.3 is 0 Å². The molecule has 2 aromatic rings. The summed E-state index contributed by atoms with van der Waals surface area (Å²) < 4.78 is 0. The van der Waals surface area contributed by atoms with Crippen molar-refractivity contribution in [2.75, 3.05) is 5.32 Å². The van der Waals surface area contributed by atoms with Crippen molar-refractivity contribution in [1.29, 1.82) is 0 Å². The van der Waals surface area contributed by atoms with Crippen LogP contribution in [0, 0.1) is 0 Å². The normalized spacial score (nSPS) is 24.4. The Morgan fingerprint density at radius 3 is 2.66 bits per heavy atom. The zero-order valence-electron chi connectivity index (χ0n) is 16.0. The van der Waals surface area contributed by atoms with Gasteiger partial charge in [0.15, 0.2) is 0 Å². The summed E-state index contributed by atoms with van der Waals surface area (Å²) in [6.07, 6.45) is 13.4. The largest absolute Gasteiger partial charge is 0.381 e. The highest BCUT2D eigenvalue weighted by Gasteiger charge is 2.43. The summed E-state index contributed by atoms with van der Waals surface area (Å²) in [7, 11) is 0. The Morgan fingerprint density at radius 1 is 1.17 bits per heavy atom. The number of nitrogens with one attached hydrogen (secondary N) is 1.